The van der Waals surface area contributed by atoms with E-state index in [1.54, 1.807) is 0 Å². The highest BCUT2D eigenvalue weighted by Crippen LogP contribution is 2.14. The lowest BCUT2D eigenvalue weighted by molar-refractivity contribution is -0.0299. The molecule has 5 heteroatoms. The number of nitrogens with zero attached hydrogens (tertiary/aromatic N) is 1. The van der Waals surface area contributed by atoms with Crippen molar-refractivity contribution in [3.63, 3.8) is 0 Å². The maximum absolute atomic E-state index is 12.1. The van der Waals surface area contributed by atoms with Gasteiger partial charge in [-0.05, 0) is 18.4 Å². The number of nitrogens with two attached hydrogens (primary N) is 1. The SMILES string of the molecule is CC(N)C1CN(C(=O)c2ccsc2)CCO1. The minimum atomic E-state index is -0.0451. The fourth-order valence-corrected chi connectivity index (χ4v) is 2.38. The summed E-state index contributed by atoms with van der Waals surface area (Å²) >= 11 is 1.54. The Kier molecular flexibility index (Phi) is 3.58. The number of hydrogen-bond donors (Lipinski definition) is 1. The van der Waals surface area contributed by atoms with Gasteiger partial charge in [0.15, 0.2) is 0 Å². The summed E-state index contributed by atoms with van der Waals surface area (Å²) in [5.41, 5.74) is 6.55. The normalized spacial score (nSPS) is 23.1. The van der Waals surface area contributed by atoms with E-state index < -0.39 is 0 Å². The highest BCUT2D eigenvalue weighted by molar-refractivity contribution is 7.08. The van der Waals surface area contributed by atoms with E-state index in [2.05, 4.69) is 0 Å². The summed E-state index contributed by atoms with van der Waals surface area (Å²) in [7, 11) is 0. The van der Waals surface area contributed by atoms with Gasteiger partial charge in [0.1, 0.15) is 0 Å². The van der Waals surface area contributed by atoms with Crippen LogP contribution in [-0.2, 0) is 4.74 Å². The van der Waals surface area contributed by atoms with Gasteiger partial charge in [0.25, 0.3) is 5.91 Å². The van der Waals surface area contributed by atoms with Gasteiger partial charge in [0, 0.05) is 24.5 Å². The van der Waals surface area contributed by atoms with Gasteiger partial charge in [-0.2, -0.15) is 11.3 Å². The second-order valence-electron chi connectivity index (χ2n) is 4.03. The quantitative estimate of drug-likeness (QED) is 0.837. The summed E-state index contributed by atoms with van der Waals surface area (Å²) in [6, 6.07) is 1.81. The Bertz CT molecular complexity index is 351. The Morgan fingerprint density at radius 2 is 2.56 bits per heavy atom. The first-order valence-electron chi connectivity index (χ1n) is 5.37. The van der Waals surface area contributed by atoms with Gasteiger partial charge < -0.3 is 15.4 Å². The Hall–Kier alpha value is -0.910. The number of carbonyl (C=O) groups excluding carboxylic acids is 1. The molecule has 2 N–H and O–H groups in total. The predicted octanol–water partition coefficient (Wildman–Crippen LogP) is 0.936. The molecule has 0 bridgehead atoms. The molecule has 1 aliphatic rings. The Balaban J connectivity index is 2.02. The van der Waals surface area contributed by atoms with Crippen LogP contribution in [0.5, 0.6) is 0 Å². The molecule has 2 atom stereocenters. The van der Waals surface area contributed by atoms with Crippen LogP contribution < -0.4 is 5.73 Å². The van der Waals surface area contributed by atoms with Crippen LogP contribution in [0, 0.1) is 0 Å². The van der Waals surface area contributed by atoms with Crippen molar-refractivity contribution in [1.82, 2.24) is 4.90 Å². The van der Waals surface area contributed by atoms with E-state index in [4.69, 9.17) is 10.5 Å². The Morgan fingerprint density at radius 3 is 3.19 bits per heavy atom. The Morgan fingerprint density at radius 1 is 1.75 bits per heavy atom. The lowest BCUT2D eigenvalue weighted by Gasteiger charge is -2.34. The lowest BCUT2D eigenvalue weighted by atomic mass is 10.1. The molecule has 1 fully saturated rings. The topological polar surface area (TPSA) is 55.6 Å². The molecule has 1 aromatic rings. The first-order chi connectivity index (χ1) is 7.68. The molecule has 0 radical (unpaired) electrons. The zero-order valence-electron chi connectivity index (χ0n) is 9.26. The largest absolute Gasteiger partial charge is 0.373 e. The van der Waals surface area contributed by atoms with Crippen molar-refractivity contribution >= 4 is 17.2 Å². The van der Waals surface area contributed by atoms with E-state index in [0.29, 0.717) is 19.7 Å². The molecule has 2 heterocycles. The summed E-state index contributed by atoms with van der Waals surface area (Å²) < 4.78 is 5.52. The molecule has 16 heavy (non-hydrogen) atoms. The van der Waals surface area contributed by atoms with Crippen molar-refractivity contribution in [3.8, 4) is 0 Å². The van der Waals surface area contributed by atoms with E-state index in [0.717, 1.165) is 5.56 Å². The van der Waals surface area contributed by atoms with Gasteiger partial charge >= 0.3 is 0 Å². The van der Waals surface area contributed by atoms with E-state index in [1.807, 2.05) is 28.7 Å². The summed E-state index contributed by atoms with van der Waals surface area (Å²) in [6.07, 6.45) is -0.0451. The smallest absolute Gasteiger partial charge is 0.254 e. The number of morpholine rings is 1. The maximum atomic E-state index is 12.1. The van der Waals surface area contributed by atoms with Crippen LogP contribution >= 0.6 is 11.3 Å². The van der Waals surface area contributed by atoms with Crippen molar-refractivity contribution in [3.05, 3.63) is 22.4 Å². The standard InChI is InChI=1S/C11H16N2O2S/c1-8(12)10-6-13(3-4-15-10)11(14)9-2-5-16-7-9/h2,5,7-8,10H,3-4,6,12H2,1H3. The zero-order chi connectivity index (χ0) is 11.5. The molecule has 0 aromatic carbocycles. The highest BCUT2D eigenvalue weighted by Gasteiger charge is 2.27. The van der Waals surface area contributed by atoms with Crippen molar-refractivity contribution in [2.24, 2.45) is 5.73 Å². The van der Waals surface area contributed by atoms with Gasteiger partial charge in [0.2, 0.25) is 0 Å². The third kappa shape index (κ3) is 2.42. The molecule has 2 rings (SSSR count). The van der Waals surface area contributed by atoms with Crippen LogP contribution in [0.3, 0.4) is 0 Å². The molecule has 88 valence electrons. The van der Waals surface area contributed by atoms with Crippen LogP contribution in [0.4, 0.5) is 0 Å². The van der Waals surface area contributed by atoms with Crippen LogP contribution in [-0.4, -0.2) is 42.6 Å². The highest BCUT2D eigenvalue weighted by atomic mass is 32.1. The molecule has 0 spiro atoms. The maximum Gasteiger partial charge on any atom is 0.254 e. The van der Waals surface area contributed by atoms with E-state index >= 15 is 0 Å². The number of thiophene rings is 1. The summed E-state index contributed by atoms with van der Waals surface area (Å²) in [5.74, 6) is 0.0789. The number of amides is 1. The number of rotatable bonds is 2. The fraction of sp³-hybridized carbons (Fsp3) is 0.545. The fourth-order valence-electron chi connectivity index (χ4n) is 1.75. The van der Waals surface area contributed by atoms with E-state index in [9.17, 15) is 4.79 Å². The zero-order valence-corrected chi connectivity index (χ0v) is 10.1. The van der Waals surface area contributed by atoms with Gasteiger partial charge in [0.05, 0.1) is 18.3 Å². The van der Waals surface area contributed by atoms with Crippen molar-refractivity contribution in [2.45, 2.75) is 19.1 Å². The average Bonchev–Trinajstić information content (AvgIpc) is 2.81. The summed E-state index contributed by atoms with van der Waals surface area (Å²) in [6.45, 7) is 3.72. The van der Waals surface area contributed by atoms with Gasteiger partial charge in [-0.3, -0.25) is 4.79 Å². The minimum Gasteiger partial charge on any atom is -0.373 e. The van der Waals surface area contributed by atoms with E-state index in [-0.39, 0.29) is 18.1 Å². The Labute approximate surface area is 99.0 Å². The molecule has 0 saturated carbocycles. The van der Waals surface area contributed by atoms with Gasteiger partial charge in [-0.15, -0.1) is 0 Å². The van der Waals surface area contributed by atoms with Crippen LogP contribution in [0.2, 0.25) is 0 Å². The number of ether oxygens (including phenoxy) is 1. The average molecular weight is 240 g/mol. The molecule has 1 aliphatic heterocycles. The molecule has 1 saturated heterocycles. The third-order valence-corrected chi connectivity index (χ3v) is 3.42. The monoisotopic (exact) mass is 240 g/mol. The van der Waals surface area contributed by atoms with Crippen molar-refractivity contribution in [1.29, 1.82) is 0 Å². The lowest BCUT2D eigenvalue weighted by Crippen LogP contribution is -2.51. The van der Waals surface area contributed by atoms with Crippen molar-refractivity contribution < 1.29 is 9.53 Å². The molecule has 0 aliphatic carbocycles. The predicted molar refractivity (Wildman–Crippen MR) is 63.6 cm³/mol. The van der Waals surface area contributed by atoms with Gasteiger partial charge in [-0.25, -0.2) is 0 Å². The molecule has 1 aromatic heterocycles. The molecule has 2 unspecified atom stereocenters. The summed E-state index contributed by atoms with van der Waals surface area (Å²) in [4.78, 5) is 13.9. The molecule has 1 amide bonds. The van der Waals surface area contributed by atoms with Gasteiger partial charge in [-0.1, -0.05) is 0 Å². The minimum absolute atomic E-state index is 0.0434. The second-order valence-corrected chi connectivity index (χ2v) is 4.81. The van der Waals surface area contributed by atoms with Crippen LogP contribution in [0.15, 0.2) is 16.8 Å². The first-order valence-corrected chi connectivity index (χ1v) is 6.31. The molecular formula is C11H16N2O2S. The summed E-state index contributed by atoms with van der Waals surface area (Å²) in [5, 5.41) is 3.79. The molecule has 4 nitrogen and oxygen atoms in total. The first kappa shape index (κ1) is 11.6. The van der Waals surface area contributed by atoms with Crippen LogP contribution in [0.25, 0.3) is 0 Å². The number of carbonyl (C=O) groups is 1. The van der Waals surface area contributed by atoms with E-state index in [1.165, 1.54) is 11.3 Å². The van der Waals surface area contributed by atoms with Crippen LogP contribution in [0.1, 0.15) is 17.3 Å². The second kappa shape index (κ2) is 4.95. The number of hydrogen-bond acceptors (Lipinski definition) is 4. The van der Waals surface area contributed by atoms with Crippen molar-refractivity contribution in [2.75, 3.05) is 19.7 Å². The third-order valence-electron chi connectivity index (χ3n) is 2.74. The molecular weight excluding hydrogens is 224 g/mol.